The highest BCUT2D eigenvalue weighted by Gasteiger charge is 2.17. The smallest absolute Gasteiger partial charge is 0.293 e. The molecule has 2 aromatic rings. The van der Waals surface area contributed by atoms with Gasteiger partial charge in [0.2, 0.25) is 0 Å². The number of para-hydroxylation sites is 1. The number of non-ortho nitro benzene ring substituents is 1. The number of likely N-dealkylation sites (tertiary alicyclic amines) is 1. The Morgan fingerprint density at radius 3 is 2.83 bits per heavy atom. The molecule has 122 valence electrons. The predicted octanol–water partition coefficient (Wildman–Crippen LogP) is 2.29. The zero-order valence-electron chi connectivity index (χ0n) is 12.9. The van der Waals surface area contributed by atoms with Crippen molar-refractivity contribution in [3.8, 4) is 0 Å². The van der Waals surface area contributed by atoms with Crippen LogP contribution in [0.1, 0.15) is 29.8 Å². The van der Waals surface area contributed by atoms with Crippen molar-refractivity contribution in [2.45, 2.75) is 19.3 Å². The van der Waals surface area contributed by atoms with Crippen molar-refractivity contribution >= 4 is 22.5 Å². The quantitative estimate of drug-likeness (QED) is 0.654. The van der Waals surface area contributed by atoms with E-state index >= 15 is 0 Å². The molecule has 2 heterocycles. The topological polar surface area (TPSA) is 91.3 Å². The van der Waals surface area contributed by atoms with Crippen LogP contribution in [0.4, 0.5) is 5.69 Å². The van der Waals surface area contributed by atoms with Gasteiger partial charge in [0.15, 0.2) is 0 Å². The van der Waals surface area contributed by atoms with E-state index < -0.39 is 4.92 Å². The van der Waals surface area contributed by atoms with Crippen molar-refractivity contribution in [2.75, 3.05) is 26.2 Å². The number of benzene rings is 1. The number of amides is 1. The Balaban J connectivity index is 1.64. The number of nitro benzene ring substituents is 1. The highest BCUT2D eigenvalue weighted by Crippen LogP contribution is 2.25. The summed E-state index contributed by atoms with van der Waals surface area (Å²) in [6.07, 6.45) is 3.73. The second-order valence-corrected chi connectivity index (χ2v) is 5.84. The van der Waals surface area contributed by atoms with Gasteiger partial charge in [-0.15, -0.1) is 0 Å². The molecule has 3 rings (SSSR count). The zero-order chi connectivity index (χ0) is 16.2. The summed E-state index contributed by atoms with van der Waals surface area (Å²) in [6, 6.07) is 6.45. The highest BCUT2D eigenvalue weighted by molar-refractivity contribution is 6.00. The largest absolute Gasteiger partial charge is 0.349 e. The molecule has 1 saturated heterocycles. The van der Waals surface area contributed by atoms with Crippen molar-refractivity contribution in [2.24, 2.45) is 0 Å². The molecule has 0 aliphatic carbocycles. The van der Waals surface area contributed by atoms with E-state index in [1.54, 1.807) is 18.2 Å². The van der Waals surface area contributed by atoms with Gasteiger partial charge in [-0.1, -0.05) is 18.6 Å². The fourth-order valence-electron chi connectivity index (χ4n) is 3.02. The summed E-state index contributed by atoms with van der Waals surface area (Å²) in [7, 11) is 0. The highest BCUT2D eigenvalue weighted by atomic mass is 16.6. The Kier molecular flexibility index (Phi) is 4.57. The van der Waals surface area contributed by atoms with Gasteiger partial charge in [-0.3, -0.25) is 14.9 Å². The van der Waals surface area contributed by atoms with Gasteiger partial charge >= 0.3 is 0 Å². The average molecular weight is 316 g/mol. The minimum atomic E-state index is -0.448. The average Bonchev–Trinajstić information content (AvgIpc) is 2.99. The molecule has 0 unspecified atom stereocenters. The number of carbonyl (C=O) groups is 1. The standard InChI is InChI=1S/C16H20N4O3/c21-16(17-7-10-19-8-2-1-3-9-19)13-11-12-5-4-6-14(20(22)23)15(12)18-13/h4-6,11,18H,1-3,7-10H2,(H,17,21). The maximum absolute atomic E-state index is 12.2. The molecule has 0 atom stereocenters. The van der Waals surface area contributed by atoms with Crippen molar-refractivity contribution in [3.05, 3.63) is 40.1 Å². The van der Waals surface area contributed by atoms with Gasteiger partial charge in [0, 0.05) is 24.5 Å². The Morgan fingerprint density at radius 2 is 2.09 bits per heavy atom. The van der Waals surface area contributed by atoms with Gasteiger partial charge in [0.1, 0.15) is 11.2 Å². The molecule has 1 aromatic carbocycles. The molecule has 7 nitrogen and oxygen atoms in total. The number of carbonyl (C=O) groups excluding carboxylic acids is 1. The van der Waals surface area contributed by atoms with Crippen LogP contribution >= 0.6 is 0 Å². The molecule has 2 N–H and O–H groups in total. The molecule has 23 heavy (non-hydrogen) atoms. The number of nitrogens with one attached hydrogen (secondary N) is 2. The summed E-state index contributed by atoms with van der Waals surface area (Å²) in [5.41, 5.74) is 0.724. The predicted molar refractivity (Wildman–Crippen MR) is 87.6 cm³/mol. The van der Waals surface area contributed by atoms with Gasteiger partial charge < -0.3 is 15.2 Å². The molecule has 0 spiro atoms. The molecule has 0 radical (unpaired) electrons. The van der Waals surface area contributed by atoms with Gasteiger partial charge in [0.05, 0.1) is 4.92 Å². The lowest BCUT2D eigenvalue weighted by molar-refractivity contribution is -0.383. The molecule has 7 heteroatoms. The Morgan fingerprint density at radius 1 is 1.30 bits per heavy atom. The normalized spacial score (nSPS) is 15.7. The first kappa shape index (κ1) is 15.5. The van der Waals surface area contributed by atoms with E-state index in [4.69, 9.17) is 0 Å². The maximum Gasteiger partial charge on any atom is 0.293 e. The minimum absolute atomic E-state index is 0.0186. The number of nitro groups is 1. The number of fused-ring (bicyclic) bond motifs is 1. The summed E-state index contributed by atoms with van der Waals surface area (Å²) < 4.78 is 0. The van der Waals surface area contributed by atoms with Crippen LogP contribution in [0.25, 0.3) is 10.9 Å². The van der Waals surface area contributed by atoms with Crippen LogP contribution in [0.3, 0.4) is 0 Å². The van der Waals surface area contributed by atoms with Crippen LogP contribution < -0.4 is 5.32 Å². The van der Waals surface area contributed by atoms with E-state index in [1.807, 2.05) is 0 Å². The fourth-order valence-corrected chi connectivity index (χ4v) is 3.02. The molecule has 0 bridgehead atoms. The first-order chi connectivity index (χ1) is 11.1. The summed E-state index contributed by atoms with van der Waals surface area (Å²) in [5.74, 6) is -0.229. The first-order valence-electron chi connectivity index (χ1n) is 7.92. The second kappa shape index (κ2) is 6.78. The molecule has 1 aliphatic heterocycles. The maximum atomic E-state index is 12.2. The third-order valence-electron chi connectivity index (χ3n) is 4.24. The number of hydrogen-bond acceptors (Lipinski definition) is 4. The van der Waals surface area contributed by atoms with Crippen LogP contribution in [-0.4, -0.2) is 46.9 Å². The number of aromatic nitrogens is 1. The Labute approximate surface area is 133 Å². The summed E-state index contributed by atoms with van der Waals surface area (Å²) in [6.45, 7) is 3.60. The van der Waals surface area contributed by atoms with E-state index in [1.165, 1.54) is 25.3 Å². The van der Waals surface area contributed by atoms with Crippen molar-refractivity contribution in [1.29, 1.82) is 0 Å². The van der Waals surface area contributed by atoms with E-state index in [2.05, 4.69) is 15.2 Å². The molecular weight excluding hydrogens is 296 g/mol. The lowest BCUT2D eigenvalue weighted by atomic mass is 10.1. The van der Waals surface area contributed by atoms with Crippen molar-refractivity contribution < 1.29 is 9.72 Å². The van der Waals surface area contributed by atoms with Gasteiger partial charge in [0.25, 0.3) is 11.6 Å². The number of H-pyrrole nitrogens is 1. The van der Waals surface area contributed by atoms with E-state index in [-0.39, 0.29) is 11.6 Å². The molecular formula is C16H20N4O3. The lowest BCUT2D eigenvalue weighted by Crippen LogP contribution is -2.37. The first-order valence-corrected chi connectivity index (χ1v) is 7.92. The SMILES string of the molecule is O=C(NCCN1CCCCC1)c1cc2cccc([N+](=O)[O-])c2[nH]1. The van der Waals surface area contributed by atoms with Crippen LogP contribution in [0.2, 0.25) is 0 Å². The van der Waals surface area contributed by atoms with Crippen molar-refractivity contribution in [3.63, 3.8) is 0 Å². The van der Waals surface area contributed by atoms with E-state index in [0.717, 1.165) is 19.6 Å². The van der Waals surface area contributed by atoms with Gasteiger partial charge in [-0.25, -0.2) is 0 Å². The van der Waals surface area contributed by atoms with Crippen LogP contribution in [0.5, 0.6) is 0 Å². The Hall–Kier alpha value is -2.41. The van der Waals surface area contributed by atoms with Crippen LogP contribution in [0.15, 0.2) is 24.3 Å². The monoisotopic (exact) mass is 316 g/mol. The summed E-state index contributed by atoms with van der Waals surface area (Å²) >= 11 is 0. The van der Waals surface area contributed by atoms with Crippen molar-refractivity contribution in [1.82, 2.24) is 15.2 Å². The lowest BCUT2D eigenvalue weighted by Gasteiger charge is -2.26. The number of nitrogens with zero attached hydrogens (tertiary/aromatic N) is 2. The van der Waals surface area contributed by atoms with Gasteiger partial charge in [-0.05, 0) is 32.0 Å². The zero-order valence-corrected chi connectivity index (χ0v) is 12.9. The molecule has 1 aliphatic rings. The Bertz CT molecular complexity index is 719. The van der Waals surface area contributed by atoms with Crippen LogP contribution in [-0.2, 0) is 0 Å². The minimum Gasteiger partial charge on any atom is -0.349 e. The molecule has 1 fully saturated rings. The van der Waals surface area contributed by atoms with Crippen LogP contribution in [0, 0.1) is 10.1 Å². The number of aromatic amines is 1. The third kappa shape index (κ3) is 3.50. The molecule has 0 saturated carbocycles. The number of piperidine rings is 1. The van der Waals surface area contributed by atoms with E-state index in [0.29, 0.717) is 23.1 Å². The summed E-state index contributed by atoms with van der Waals surface area (Å²) in [4.78, 5) is 28.0. The van der Waals surface area contributed by atoms with E-state index in [9.17, 15) is 14.9 Å². The second-order valence-electron chi connectivity index (χ2n) is 5.84. The van der Waals surface area contributed by atoms with Gasteiger partial charge in [-0.2, -0.15) is 0 Å². The number of rotatable bonds is 5. The number of hydrogen-bond donors (Lipinski definition) is 2. The molecule has 1 aromatic heterocycles. The fraction of sp³-hybridized carbons (Fsp3) is 0.438. The third-order valence-corrected chi connectivity index (χ3v) is 4.24. The molecule has 1 amide bonds. The summed E-state index contributed by atoms with van der Waals surface area (Å²) in [5, 5.41) is 14.6.